The maximum Gasteiger partial charge on any atom is 0.320 e. The molecule has 0 aromatic heterocycles. The number of carboxylic acids is 1. The first-order valence-corrected chi connectivity index (χ1v) is 7.31. The molecule has 6 heteroatoms. The van der Waals surface area contributed by atoms with Crippen molar-refractivity contribution in [2.45, 2.75) is 33.7 Å². The highest BCUT2D eigenvalue weighted by molar-refractivity contribution is 5.75. The van der Waals surface area contributed by atoms with Crippen LogP contribution in [0.1, 0.15) is 27.7 Å². The fraction of sp³-hybridized carbons (Fsp3) is 0.857. The number of carboxylic acid groups (broad SMARTS) is 1. The fourth-order valence-corrected chi connectivity index (χ4v) is 2.37. The highest BCUT2D eigenvalue weighted by Gasteiger charge is 2.27. The lowest BCUT2D eigenvalue weighted by atomic mass is 10.2. The molecule has 1 aliphatic heterocycles. The van der Waals surface area contributed by atoms with E-state index < -0.39 is 5.97 Å². The minimum atomic E-state index is -0.812. The van der Waals surface area contributed by atoms with E-state index in [-0.39, 0.29) is 18.6 Å². The van der Waals surface area contributed by atoms with Gasteiger partial charge < -0.3 is 14.9 Å². The summed E-state index contributed by atoms with van der Waals surface area (Å²) in [6.45, 7) is 11.6. The zero-order chi connectivity index (χ0) is 15.3. The molecule has 6 nitrogen and oxygen atoms in total. The number of urea groups is 1. The van der Waals surface area contributed by atoms with Crippen molar-refractivity contribution in [2.24, 2.45) is 5.92 Å². The molecular formula is C14H27N3O3. The summed E-state index contributed by atoms with van der Waals surface area (Å²) in [5, 5.41) is 8.77. The van der Waals surface area contributed by atoms with Crippen molar-refractivity contribution in [1.29, 1.82) is 0 Å². The number of hydrogen-bond donors (Lipinski definition) is 1. The molecule has 2 amide bonds. The lowest BCUT2D eigenvalue weighted by molar-refractivity contribution is -0.138. The maximum atomic E-state index is 12.5. The minimum Gasteiger partial charge on any atom is -0.480 e. The van der Waals surface area contributed by atoms with Crippen LogP contribution in [-0.4, -0.2) is 77.1 Å². The van der Waals surface area contributed by atoms with Crippen LogP contribution in [0.5, 0.6) is 0 Å². The van der Waals surface area contributed by atoms with Gasteiger partial charge in [-0.25, -0.2) is 4.79 Å². The molecule has 0 bridgehead atoms. The van der Waals surface area contributed by atoms with Crippen molar-refractivity contribution in [2.75, 3.05) is 39.3 Å². The van der Waals surface area contributed by atoms with Crippen molar-refractivity contribution >= 4 is 12.0 Å². The lowest BCUT2D eigenvalue weighted by Crippen LogP contribution is -2.55. The van der Waals surface area contributed by atoms with E-state index in [2.05, 4.69) is 13.8 Å². The SMILES string of the molecule is CC(C)CN(C(=O)N1CCN(CC(=O)O)CC1)C(C)C. The number of carbonyl (C=O) groups excluding carboxylic acids is 1. The molecule has 0 aliphatic carbocycles. The second-order valence-electron chi connectivity index (χ2n) is 6.08. The number of carbonyl (C=O) groups is 2. The van der Waals surface area contributed by atoms with Crippen LogP contribution in [0.2, 0.25) is 0 Å². The quantitative estimate of drug-likeness (QED) is 0.823. The molecule has 0 aromatic carbocycles. The Morgan fingerprint density at radius 2 is 1.65 bits per heavy atom. The van der Waals surface area contributed by atoms with Crippen LogP contribution in [0.25, 0.3) is 0 Å². The number of piperazine rings is 1. The summed E-state index contributed by atoms with van der Waals surface area (Å²) in [6.07, 6.45) is 0. The number of rotatable bonds is 5. The second kappa shape index (κ2) is 7.47. The van der Waals surface area contributed by atoms with E-state index in [1.807, 2.05) is 28.5 Å². The molecule has 0 saturated carbocycles. The lowest BCUT2D eigenvalue weighted by Gasteiger charge is -2.39. The molecule has 0 aromatic rings. The highest BCUT2D eigenvalue weighted by Crippen LogP contribution is 2.11. The average molecular weight is 285 g/mol. The number of nitrogens with zero attached hydrogens (tertiary/aromatic N) is 3. The summed E-state index contributed by atoms with van der Waals surface area (Å²) in [4.78, 5) is 28.8. The number of aliphatic carboxylic acids is 1. The molecule has 116 valence electrons. The van der Waals surface area contributed by atoms with Gasteiger partial charge in [-0.2, -0.15) is 0 Å². The van der Waals surface area contributed by atoms with Crippen LogP contribution in [0.3, 0.4) is 0 Å². The Labute approximate surface area is 121 Å². The minimum absolute atomic E-state index is 0.0575. The van der Waals surface area contributed by atoms with Crippen molar-refractivity contribution in [1.82, 2.24) is 14.7 Å². The van der Waals surface area contributed by atoms with E-state index in [1.165, 1.54) is 0 Å². The topological polar surface area (TPSA) is 64.1 Å². The predicted octanol–water partition coefficient (Wildman–Crippen LogP) is 1.17. The summed E-state index contributed by atoms with van der Waals surface area (Å²) in [5.74, 6) is -0.372. The monoisotopic (exact) mass is 285 g/mol. The van der Waals surface area contributed by atoms with Gasteiger partial charge in [-0.1, -0.05) is 13.8 Å². The number of amides is 2. The van der Waals surface area contributed by atoms with E-state index in [4.69, 9.17) is 5.11 Å². The van der Waals surface area contributed by atoms with E-state index >= 15 is 0 Å². The second-order valence-corrected chi connectivity index (χ2v) is 6.08. The van der Waals surface area contributed by atoms with E-state index in [0.717, 1.165) is 6.54 Å². The van der Waals surface area contributed by atoms with Gasteiger partial charge in [0.15, 0.2) is 0 Å². The molecule has 1 rings (SSSR count). The molecule has 1 fully saturated rings. The summed E-state index contributed by atoms with van der Waals surface area (Å²) in [7, 11) is 0. The Kier molecular flexibility index (Phi) is 6.26. The Morgan fingerprint density at radius 3 is 2.05 bits per heavy atom. The Hall–Kier alpha value is -1.30. The third-order valence-electron chi connectivity index (χ3n) is 3.43. The summed E-state index contributed by atoms with van der Waals surface area (Å²) in [6, 6.07) is 0.255. The smallest absolute Gasteiger partial charge is 0.320 e. The van der Waals surface area contributed by atoms with Crippen molar-refractivity contribution < 1.29 is 14.7 Å². The third kappa shape index (κ3) is 5.00. The molecule has 20 heavy (non-hydrogen) atoms. The normalized spacial score (nSPS) is 16.8. The first kappa shape index (κ1) is 16.8. The first-order valence-electron chi connectivity index (χ1n) is 7.31. The van der Waals surface area contributed by atoms with Gasteiger partial charge in [0, 0.05) is 38.8 Å². The van der Waals surface area contributed by atoms with Crippen LogP contribution in [0, 0.1) is 5.92 Å². The van der Waals surface area contributed by atoms with Gasteiger partial charge in [0.25, 0.3) is 0 Å². The van der Waals surface area contributed by atoms with Crippen molar-refractivity contribution in [3.63, 3.8) is 0 Å². The summed E-state index contributed by atoms with van der Waals surface area (Å²) < 4.78 is 0. The van der Waals surface area contributed by atoms with Gasteiger partial charge in [-0.3, -0.25) is 9.69 Å². The molecule has 1 aliphatic rings. The Morgan fingerprint density at radius 1 is 1.10 bits per heavy atom. The van der Waals surface area contributed by atoms with Crippen molar-refractivity contribution in [3.8, 4) is 0 Å². The van der Waals surface area contributed by atoms with Gasteiger partial charge in [0.2, 0.25) is 0 Å². The fourth-order valence-electron chi connectivity index (χ4n) is 2.37. The van der Waals surface area contributed by atoms with Gasteiger partial charge >= 0.3 is 12.0 Å². The van der Waals surface area contributed by atoms with E-state index in [0.29, 0.717) is 32.1 Å². The highest BCUT2D eigenvalue weighted by atomic mass is 16.4. The van der Waals surface area contributed by atoms with Gasteiger partial charge in [-0.15, -0.1) is 0 Å². The molecule has 1 saturated heterocycles. The summed E-state index contributed by atoms with van der Waals surface area (Å²) >= 11 is 0. The molecule has 0 radical (unpaired) electrons. The van der Waals surface area contributed by atoms with Crippen LogP contribution < -0.4 is 0 Å². The zero-order valence-electron chi connectivity index (χ0n) is 13.0. The van der Waals surface area contributed by atoms with Crippen LogP contribution in [0.15, 0.2) is 0 Å². The van der Waals surface area contributed by atoms with Gasteiger partial charge in [-0.05, 0) is 19.8 Å². The largest absolute Gasteiger partial charge is 0.480 e. The predicted molar refractivity (Wildman–Crippen MR) is 77.7 cm³/mol. The Balaban J connectivity index is 2.53. The molecule has 1 heterocycles. The zero-order valence-corrected chi connectivity index (χ0v) is 13.0. The third-order valence-corrected chi connectivity index (χ3v) is 3.43. The standard InChI is InChI=1S/C14H27N3O3/c1-11(2)9-17(12(3)4)14(20)16-7-5-15(6-8-16)10-13(18)19/h11-12H,5-10H2,1-4H3,(H,18,19). The maximum absolute atomic E-state index is 12.5. The van der Waals surface area contributed by atoms with Crippen LogP contribution in [-0.2, 0) is 4.79 Å². The van der Waals surface area contributed by atoms with Gasteiger partial charge in [0.05, 0.1) is 6.54 Å². The molecule has 0 unspecified atom stereocenters. The molecule has 1 N–H and O–H groups in total. The molecular weight excluding hydrogens is 258 g/mol. The summed E-state index contributed by atoms with van der Waals surface area (Å²) in [5.41, 5.74) is 0. The number of hydrogen-bond acceptors (Lipinski definition) is 3. The van der Waals surface area contributed by atoms with Crippen LogP contribution >= 0.6 is 0 Å². The van der Waals surface area contributed by atoms with Crippen LogP contribution in [0.4, 0.5) is 4.79 Å². The van der Waals surface area contributed by atoms with Crippen molar-refractivity contribution in [3.05, 3.63) is 0 Å². The average Bonchev–Trinajstić information content (AvgIpc) is 2.35. The van der Waals surface area contributed by atoms with E-state index in [1.54, 1.807) is 0 Å². The Bertz CT molecular complexity index is 337. The molecule has 0 atom stereocenters. The molecule has 0 spiro atoms. The first-order chi connectivity index (χ1) is 9.31. The van der Waals surface area contributed by atoms with E-state index in [9.17, 15) is 9.59 Å². The van der Waals surface area contributed by atoms with Gasteiger partial charge in [0.1, 0.15) is 0 Å².